The van der Waals surface area contributed by atoms with Crippen LogP contribution < -0.4 is 10.6 Å². The molecule has 2 heterocycles. The predicted octanol–water partition coefficient (Wildman–Crippen LogP) is 5.00. The summed E-state index contributed by atoms with van der Waals surface area (Å²) in [6.07, 6.45) is 0. The van der Waals surface area contributed by atoms with Gasteiger partial charge in [-0.25, -0.2) is 13.6 Å². The van der Waals surface area contributed by atoms with Crippen LogP contribution in [0.2, 0.25) is 0 Å². The summed E-state index contributed by atoms with van der Waals surface area (Å²) < 4.78 is 36.9. The standard InChI is InChI=1S/C27H26F2N4O2/c1-26(2,3)33-21-10-9-19(28)23(29)22(21)24(31-25(33)34)32-13-14-35-15-18-17(7-6-8-20(18)32)11-12-27(4,5)16-30/h6-10H,13-15H2,1-5H3. The third kappa shape index (κ3) is 4.50. The van der Waals surface area contributed by atoms with Crippen molar-refractivity contribution in [3.63, 3.8) is 0 Å². The Hall–Kier alpha value is -3.75. The molecule has 180 valence electrons. The molecular formula is C27H26F2N4O2. The van der Waals surface area contributed by atoms with E-state index in [0.717, 1.165) is 11.6 Å². The van der Waals surface area contributed by atoms with Crippen LogP contribution in [0.1, 0.15) is 45.7 Å². The van der Waals surface area contributed by atoms with Gasteiger partial charge in [-0.05, 0) is 58.9 Å². The predicted molar refractivity (Wildman–Crippen MR) is 130 cm³/mol. The van der Waals surface area contributed by atoms with Crippen LogP contribution in [0, 0.1) is 40.2 Å². The van der Waals surface area contributed by atoms with Gasteiger partial charge in [-0.1, -0.05) is 17.9 Å². The Bertz CT molecular complexity index is 1480. The molecule has 0 aliphatic carbocycles. The number of fused-ring (bicyclic) bond motifs is 2. The molecule has 1 aromatic heterocycles. The topological polar surface area (TPSA) is 71.2 Å². The Morgan fingerprint density at radius 1 is 1.11 bits per heavy atom. The number of halogens is 2. The van der Waals surface area contributed by atoms with Crippen LogP contribution in [0.5, 0.6) is 0 Å². The molecule has 0 amide bonds. The number of hydrogen-bond acceptors (Lipinski definition) is 5. The number of benzene rings is 2. The number of nitrogens with zero attached hydrogens (tertiary/aromatic N) is 4. The van der Waals surface area contributed by atoms with Gasteiger partial charge < -0.3 is 9.64 Å². The van der Waals surface area contributed by atoms with E-state index in [4.69, 9.17) is 4.74 Å². The molecule has 1 aliphatic heterocycles. The molecule has 0 saturated heterocycles. The first-order valence-corrected chi connectivity index (χ1v) is 11.3. The van der Waals surface area contributed by atoms with Crippen molar-refractivity contribution in [2.24, 2.45) is 5.41 Å². The molecule has 1 aliphatic rings. The summed E-state index contributed by atoms with van der Waals surface area (Å²) in [4.78, 5) is 19.1. The first-order valence-electron chi connectivity index (χ1n) is 11.3. The molecule has 0 N–H and O–H groups in total. The lowest BCUT2D eigenvalue weighted by atomic mass is 9.95. The van der Waals surface area contributed by atoms with E-state index in [2.05, 4.69) is 22.9 Å². The second-order valence-electron chi connectivity index (χ2n) is 9.97. The summed E-state index contributed by atoms with van der Waals surface area (Å²) in [5.74, 6) is 3.96. The number of aromatic nitrogens is 2. The summed E-state index contributed by atoms with van der Waals surface area (Å²) in [5.41, 5.74) is 0.143. The monoisotopic (exact) mass is 476 g/mol. The van der Waals surface area contributed by atoms with Gasteiger partial charge in [0.15, 0.2) is 17.5 Å². The van der Waals surface area contributed by atoms with Crippen LogP contribution in [0.15, 0.2) is 35.1 Å². The number of hydrogen-bond donors (Lipinski definition) is 0. The highest BCUT2D eigenvalue weighted by Gasteiger charge is 2.28. The summed E-state index contributed by atoms with van der Waals surface area (Å²) in [5, 5.41) is 9.23. The first kappa shape index (κ1) is 24.4. The zero-order chi connectivity index (χ0) is 25.5. The minimum absolute atomic E-state index is 0.0247. The van der Waals surface area contributed by atoms with Gasteiger partial charge in [-0.3, -0.25) is 4.57 Å². The van der Waals surface area contributed by atoms with Crippen LogP contribution in [-0.2, 0) is 16.9 Å². The maximum atomic E-state index is 15.3. The van der Waals surface area contributed by atoms with E-state index in [0.29, 0.717) is 11.3 Å². The molecule has 35 heavy (non-hydrogen) atoms. The lowest BCUT2D eigenvalue weighted by molar-refractivity contribution is 0.133. The normalized spacial score (nSPS) is 14.1. The van der Waals surface area contributed by atoms with Gasteiger partial charge in [-0.2, -0.15) is 10.2 Å². The van der Waals surface area contributed by atoms with E-state index in [1.807, 2.05) is 12.1 Å². The highest BCUT2D eigenvalue weighted by atomic mass is 19.2. The number of anilines is 2. The first-order chi connectivity index (χ1) is 16.4. The Labute approximate surface area is 202 Å². The third-order valence-electron chi connectivity index (χ3n) is 5.79. The molecule has 3 aromatic rings. The molecular weight excluding hydrogens is 450 g/mol. The van der Waals surface area contributed by atoms with Gasteiger partial charge in [0.25, 0.3) is 0 Å². The van der Waals surface area contributed by atoms with Gasteiger partial charge in [0.2, 0.25) is 0 Å². The van der Waals surface area contributed by atoms with Gasteiger partial charge >= 0.3 is 5.69 Å². The van der Waals surface area contributed by atoms with Crippen molar-refractivity contribution in [3.05, 3.63) is 63.6 Å². The number of nitriles is 1. The highest BCUT2D eigenvalue weighted by molar-refractivity contribution is 5.93. The lowest BCUT2D eigenvalue weighted by Gasteiger charge is -2.29. The Morgan fingerprint density at radius 3 is 2.54 bits per heavy atom. The minimum Gasteiger partial charge on any atom is -0.375 e. The average Bonchev–Trinajstić information content (AvgIpc) is 3.01. The summed E-state index contributed by atoms with van der Waals surface area (Å²) >= 11 is 0. The smallest absolute Gasteiger partial charge is 0.350 e. The molecule has 6 nitrogen and oxygen atoms in total. The van der Waals surface area contributed by atoms with E-state index >= 15 is 4.39 Å². The number of ether oxygens (including phenoxy) is 1. The van der Waals surface area contributed by atoms with E-state index in [1.165, 1.54) is 10.6 Å². The van der Waals surface area contributed by atoms with Crippen LogP contribution in [0.3, 0.4) is 0 Å². The van der Waals surface area contributed by atoms with Gasteiger partial charge in [-0.15, -0.1) is 0 Å². The summed E-state index contributed by atoms with van der Waals surface area (Å²) in [7, 11) is 0. The second kappa shape index (κ2) is 8.79. The highest BCUT2D eigenvalue weighted by Crippen LogP contribution is 2.37. The molecule has 8 heteroatoms. The van der Waals surface area contributed by atoms with Crippen LogP contribution >= 0.6 is 0 Å². The molecule has 4 rings (SSSR count). The molecule has 0 spiro atoms. The van der Waals surface area contributed by atoms with Crippen molar-refractivity contribution in [1.29, 1.82) is 5.26 Å². The Kier molecular flexibility index (Phi) is 6.12. The molecule has 0 unspecified atom stereocenters. The largest absolute Gasteiger partial charge is 0.375 e. The number of rotatable bonds is 1. The fraction of sp³-hybridized carbons (Fsp3) is 0.370. The van der Waals surface area contributed by atoms with E-state index in [1.54, 1.807) is 45.6 Å². The third-order valence-corrected chi connectivity index (χ3v) is 5.79. The second-order valence-corrected chi connectivity index (χ2v) is 9.97. The summed E-state index contributed by atoms with van der Waals surface area (Å²) in [6, 6.07) is 10.00. The van der Waals surface area contributed by atoms with Crippen molar-refractivity contribution in [1.82, 2.24) is 9.55 Å². The van der Waals surface area contributed by atoms with E-state index < -0.39 is 28.3 Å². The van der Waals surface area contributed by atoms with Gasteiger partial charge in [0, 0.05) is 28.9 Å². The van der Waals surface area contributed by atoms with E-state index in [-0.39, 0.29) is 36.5 Å². The van der Waals surface area contributed by atoms with Crippen molar-refractivity contribution < 1.29 is 13.5 Å². The maximum absolute atomic E-state index is 15.3. The molecule has 2 aromatic carbocycles. The molecule has 0 saturated carbocycles. The van der Waals surface area contributed by atoms with Crippen LogP contribution in [0.25, 0.3) is 10.9 Å². The maximum Gasteiger partial charge on any atom is 0.350 e. The van der Waals surface area contributed by atoms with Crippen molar-refractivity contribution in [2.45, 2.75) is 46.8 Å². The van der Waals surface area contributed by atoms with Crippen molar-refractivity contribution in [3.8, 4) is 17.9 Å². The zero-order valence-corrected chi connectivity index (χ0v) is 20.4. The van der Waals surface area contributed by atoms with Crippen molar-refractivity contribution >= 4 is 22.4 Å². The fourth-order valence-electron chi connectivity index (χ4n) is 4.10. The molecule has 0 atom stereocenters. The quantitative estimate of drug-likeness (QED) is 0.463. The van der Waals surface area contributed by atoms with Crippen LogP contribution in [-0.4, -0.2) is 22.7 Å². The Balaban J connectivity index is 2.02. The molecule has 0 bridgehead atoms. The SMILES string of the molecule is CC(C)(C#N)C#Cc1cccc2c1COCCN2c1nc(=O)n(C(C)(C)C)c2ccc(F)c(F)c12. The van der Waals surface area contributed by atoms with Crippen LogP contribution in [0.4, 0.5) is 20.3 Å². The Morgan fingerprint density at radius 2 is 1.86 bits per heavy atom. The van der Waals surface area contributed by atoms with E-state index in [9.17, 15) is 14.4 Å². The fourth-order valence-corrected chi connectivity index (χ4v) is 4.10. The van der Waals surface area contributed by atoms with Gasteiger partial charge in [0.05, 0.1) is 30.2 Å². The average molecular weight is 477 g/mol. The van der Waals surface area contributed by atoms with Gasteiger partial charge in [0.1, 0.15) is 5.41 Å². The lowest BCUT2D eigenvalue weighted by Crippen LogP contribution is -2.37. The molecule has 0 fully saturated rings. The van der Waals surface area contributed by atoms with Crippen molar-refractivity contribution in [2.75, 3.05) is 18.1 Å². The zero-order valence-electron chi connectivity index (χ0n) is 20.4. The molecule has 0 radical (unpaired) electrons. The summed E-state index contributed by atoms with van der Waals surface area (Å²) in [6.45, 7) is 9.64. The minimum atomic E-state index is -1.07.